The van der Waals surface area contributed by atoms with Gasteiger partial charge in [0.15, 0.2) is 0 Å². The van der Waals surface area contributed by atoms with Crippen molar-refractivity contribution in [3.8, 4) is 0 Å². The third kappa shape index (κ3) is 4.04. The second kappa shape index (κ2) is 7.07. The molecule has 1 aromatic carbocycles. The van der Waals surface area contributed by atoms with E-state index < -0.39 is 0 Å². The maximum absolute atomic E-state index is 3.52. The third-order valence-corrected chi connectivity index (χ3v) is 4.92. The molecule has 2 heteroatoms. The van der Waals surface area contributed by atoms with Gasteiger partial charge in [-0.25, -0.2) is 0 Å². The van der Waals surface area contributed by atoms with Crippen LogP contribution in [0, 0.1) is 5.92 Å². The average molecular weight is 249 g/mol. The van der Waals surface area contributed by atoms with Gasteiger partial charge in [-0.2, -0.15) is 11.8 Å². The van der Waals surface area contributed by atoms with Crippen molar-refractivity contribution in [2.24, 2.45) is 5.92 Å². The maximum Gasteiger partial charge on any atom is 0.0101 e. The van der Waals surface area contributed by atoms with Crippen LogP contribution in [0.3, 0.4) is 0 Å². The fourth-order valence-corrected chi connectivity index (χ4v) is 3.99. The SMILES string of the molecule is CNC(CCCc1ccccc1)C1CCSC1. The number of rotatable bonds is 6. The molecule has 1 fully saturated rings. The zero-order chi connectivity index (χ0) is 11.9. The zero-order valence-electron chi connectivity index (χ0n) is 10.7. The fourth-order valence-electron chi connectivity index (χ4n) is 2.66. The Bertz CT molecular complexity index is 306. The highest BCUT2D eigenvalue weighted by Gasteiger charge is 2.23. The Hall–Kier alpha value is -0.470. The summed E-state index contributed by atoms with van der Waals surface area (Å²) in [6.07, 6.45) is 5.24. The molecule has 0 amide bonds. The number of hydrogen-bond donors (Lipinski definition) is 1. The molecule has 1 aromatic rings. The van der Waals surface area contributed by atoms with E-state index in [1.807, 2.05) is 0 Å². The molecule has 1 aliphatic rings. The lowest BCUT2D eigenvalue weighted by atomic mass is 9.93. The Morgan fingerprint density at radius 1 is 1.35 bits per heavy atom. The molecule has 0 radical (unpaired) electrons. The summed E-state index contributed by atoms with van der Waals surface area (Å²) in [4.78, 5) is 0. The minimum absolute atomic E-state index is 0.730. The number of nitrogens with one attached hydrogen (secondary N) is 1. The van der Waals surface area contributed by atoms with Crippen LogP contribution in [0.4, 0.5) is 0 Å². The van der Waals surface area contributed by atoms with Gasteiger partial charge < -0.3 is 5.32 Å². The van der Waals surface area contributed by atoms with Crippen molar-refractivity contribution in [1.29, 1.82) is 0 Å². The predicted molar refractivity (Wildman–Crippen MR) is 77.7 cm³/mol. The van der Waals surface area contributed by atoms with Gasteiger partial charge in [0.2, 0.25) is 0 Å². The Balaban J connectivity index is 1.72. The molecule has 0 saturated carbocycles. The molecule has 94 valence electrons. The summed E-state index contributed by atoms with van der Waals surface area (Å²) in [5.41, 5.74) is 1.48. The van der Waals surface area contributed by atoms with E-state index in [1.54, 1.807) is 0 Å². The third-order valence-electron chi connectivity index (χ3n) is 3.73. The average Bonchev–Trinajstić information content (AvgIpc) is 2.90. The molecule has 17 heavy (non-hydrogen) atoms. The molecule has 0 spiro atoms. The van der Waals surface area contributed by atoms with Gasteiger partial charge in [0.25, 0.3) is 0 Å². The van der Waals surface area contributed by atoms with Crippen LogP contribution in [-0.2, 0) is 6.42 Å². The van der Waals surface area contributed by atoms with E-state index in [2.05, 4.69) is 54.5 Å². The van der Waals surface area contributed by atoms with E-state index in [1.165, 1.54) is 42.8 Å². The first-order valence-corrected chi connectivity index (χ1v) is 7.84. The summed E-state index contributed by atoms with van der Waals surface area (Å²) in [6, 6.07) is 11.6. The van der Waals surface area contributed by atoms with Crippen LogP contribution in [0.5, 0.6) is 0 Å². The van der Waals surface area contributed by atoms with E-state index in [9.17, 15) is 0 Å². The first kappa shape index (κ1) is 13.0. The van der Waals surface area contributed by atoms with Crippen molar-refractivity contribution in [1.82, 2.24) is 5.32 Å². The topological polar surface area (TPSA) is 12.0 Å². The van der Waals surface area contributed by atoms with Crippen LogP contribution >= 0.6 is 11.8 Å². The van der Waals surface area contributed by atoms with Crippen molar-refractivity contribution >= 4 is 11.8 Å². The summed E-state index contributed by atoms with van der Waals surface area (Å²) in [5.74, 6) is 3.62. The first-order valence-electron chi connectivity index (χ1n) is 6.69. The predicted octanol–water partition coefficient (Wildman–Crippen LogP) is 3.35. The Labute approximate surface area is 109 Å². The second-order valence-electron chi connectivity index (χ2n) is 4.90. The molecule has 0 aromatic heterocycles. The molecule has 0 bridgehead atoms. The first-order chi connectivity index (χ1) is 8.40. The lowest BCUT2D eigenvalue weighted by Gasteiger charge is -2.22. The smallest absolute Gasteiger partial charge is 0.0101 e. The van der Waals surface area contributed by atoms with Gasteiger partial charge in [0.05, 0.1) is 0 Å². The van der Waals surface area contributed by atoms with Crippen LogP contribution in [0.25, 0.3) is 0 Å². The van der Waals surface area contributed by atoms with Crippen LogP contribution in [0.15, 0.2) is 30.3 Å². The summed E-state index contributed by atoms with van der Waals surface area (Å²) in [7, 11) is 2.12. The Morgan fingerprint density at radius 2 is 2.18 bits per heavy atom. The molecular formula is C15H23NS. The van der Waals surface area contributed by atoms with E-state index in [-0.39, 0.29) is 0 Å². The van der Waals surface area contributed by atoms with Crippen molar-refractivity contribution in [3.63, 3.8) is 0 Å². The van der Waals surface area contributed by atoms with Gasteiger partial charge in [-0.05, 0) is 55.7 Å². The Kier molecular flexibility index (Phi) is 5.40. The highest BCUT2D eigenvalue weighted by atomic mass is 32.2. The van der Waals surface area contributed by atoms with E-state index in [0.29, 0.717) is 0 Å². The maximum atomic E-state index is 3.52. The van der Waals surface area contributed by atoms with E-state index >= 15 is 0 Å². The van der Waals surface area contributed by atoms with Gasteiger partial charge in [-0.3, -0.25) is 0 Å². The minimum Gasteiger partial charge on any atom is -0.317 e. The molecule has 1 heterocycles. The lowest BCUT2D eigenvalue weighted by Crippen LogP contribution is -2.33. The second-order valence-corrected chi connectivity index (χ2v) is 6.05. The number of benzene rings is 1. The highest BCUT2D eigenvalue weighted by Crippen LogP contribution is 2.28. The highest BCUT2D eigenvalue weighted by molar-refractivity contribution is 7.99. The van der Waals surface area contributed by atoms with Gasteiger partial charge in [0.1, 0.15) is 0 Å². The fraction of sp³-hybridized carbons (Fsp3) is 0.600. The molecule has 1 saturated heterocycles. The monoisotopic (exact) mass is 249 g/mol. The van der Waals surface area contributed by atoms with Crippen LogP contribution in [-0.4, -0.2) is 24.6 Å². The van der Waals surface area contributed by atoms with Crippen molar-refractivity contribution < 1.29 is 0 Å². The van der Waals surface area contributed by atoms with E-state index in [0.717, 1.165) is 12.0 Å². The van der Waals surface area contributed by atoms with Crippen LogP contribution in [0.2, 0.25) is 0 Å². The Morgan fingerprint density at radius 3 is 2.82 bits per heavy atom. The van der Waals surface area contributed by atoms with Crippen LogP contribution < -0.4 is 5.32 Å². The molecule has 0 aliphatic carbocycles. The summed E-state index contributed by atoms with van der Waals surface area (Å²) in [6.45, 7) is 0. The molecule has 1 N–H and O–H groups in total. The minimum atomic E-state index is 0.730. The zero-order valence-corrected chi connectivity index (χ0v) is 11.5. The van der Waals surface area contributed by atoms with Crippen molar-refractivity contribution in [2.45, 2.75) is 31.7 Å². The number of hydrogen-bond acceptors (Lipinski definition) is 2. The molecular weight excluding hydrogens is 226 g/mol. The van der Waals surface area contributed by atoms with Crippen molar-refractivity contribution in [3.05, 3.63) is 35.9 Å². The van der Waals surface area contributed by atoms with Crippen LogP contribution in [0.1, 0.15) is 24.8 Å². The van der Waals surface area contributed by atoms with Gasteiger partial charge >= 0.3 is 0 Å². The standard InChI is InChI=1S/C15H23NS/c1-16-15(14-10-11-17-12-14)9-5-8-13-6-3-2-4-7-13/h2-4,6-7,14-16H,5,8-12H2,1H3. The number of aryl methyl sites for hydroxylation is 1. The molecule has 1 nitrogen and oxygen atoms in total. The summed E-state index contributed by atoms with van der Waals surface area (Å²) < 4.78 is 0. The van der Waals surface area contributed by atoms with Crippen molar-refractivity contribution in [2.75, 3.05) is 18.6 Å². The molecule has 1 aliphatic heterocycles. The molecule has 2 rings (SSSR count). The normalized spacial score (nSPS) is 21.6. The van der Waals surface area contributed by atoms with E-state index in [4.69, 9.17) is 0 Å². The molecule has 2 unspecified atom stereocenters. The quantitative estimate of drug-likeness (QED) is 0.830. The van der Waals surface area contributed by atoms with Gasteiger partial charge in [-0.1, -0.05) is 30.3 Å². The lowest BCUT2D eigenvalue weighted by molar-refractivity contribution is 0.376. The van der Waals surface area contributed by atoms with Gasteiger partial charge in [-0.15, -0.1) is 0 Å². The molecule has 2 atom stereocenters. The van der Waals surface area contributed by atoms with Gasteiger partial charge in [0, 0.05) is 6.04 Å². The largest absolute Gasteiger partial charge is 0.317 e. The summed E-state index contributed by atoms with van der Waals surface area (Å²) in [5, 5.41) is 3.52. The summed E-state index contributed by atoms with van der Waals surface area (Å²) >= 11 is 2.12. The number of thioether (sulfide) groups is 1.